The second-order valence-corrected chi connectivity index (χ2v) is 9.35. The molecule has 0 aromatic heterocycles. The van der Waals surface area contributed by atoms with Crippen LogP contribution in [0.1, 0.15) is 29.7 Å². The minimum atomic E-state index is -3.94. The lowest BCUT2D eigenvalue weighted by Crippen LogP contribution is -2.48. The van der Waals surface area contributed by atoms with Crippen molar-refractivity contribution in [1.29, 1.82) is 0 Å². The third kappa shape index (κ3) is 5.96. The topological polar surface area (TPSA) is 84.5 Å². The molecular weight excluding hydrogens is 424 g/mol. The number of rotatable bonds is 9. The number of hydrogen-bond acceptors (Lipinski definition) is 4. The highest BCUT2D eigenvalue weighted by molar-refractivity contribution is 7.89. The molecule has 0 fully saturated rings. The van der Waals surface area contributed by atoms with Crippen molar-refractivity contribution in [2.24, 2.45) is 0 Å². The normalized spacial score (nSPS) is 13.2. The first kappa shape index (κ1) is 23.5. The van der Waals surface area contributed by atoms with E-state index in [2.05, 4.69) is 10.0 Å². The van der Waals surface area contributed by atoms with E-state index in [9.17, 15) is 13.2 Å². The van der Waals surface area contributed by atoms with E-state index < -0.39 is 16.1 Å². The Labute approximate surface area is 189 Å². The molecule has 0 saturated heterocycles. The van der Waals surface area contributed by atoms with E-state index in [0.717, 1.165) is 11.1 Å². The summed E-state index contributed by atoms with van der Waals surface area (Å²) in [6.45, 7) is 3.64. The van der Waals surface area contributed by atoms with Gasteiger partial charge in [-0.15, -0.1) is 0 Å². The molecule has 0 aliphatic rings. The van der Waals surface area contributed by atoms with Crippen LogP contribution in [0.4, 0.5) is 0 Å². The van der Waals surface area contributed by atoms with Gasteiger partial charge in [-0.1, -0.05) is 60.7 Å². The van der Waals surface area contributed by atoms with Gasteiger partial charge in [0.05, 0.1) is 18.0 Å². The fraction of sp³-hybridized carbons (Fsp3) is 0.240. The lowest BCUT2D eigenvalue weighted by molar-refractivity contribution is -0.123. The largest absolute Gasteiger partial charge is 0.496 e. The predicted molar refractivity (Wildman–Crippen MR) is 125 cm³/mol. The number of amides is 1. The summed E-state index contributed by atoms with van der Waals surface area (Å²) >= 11 is 0. The van der Waals surface area contributed by atoms with Gasteiger partial charge in [0.15, 0.2) is 0 Å². The molecule has 2 N–H and O–H groups in total. The van der Waals surface area contributed by atoms with Gasteiger partial charge in [-0.2, -0.15) is 4.72 Å². The average Bonchev–Trinajstić information content (AvgIpc) is 2.79. The predicted octanol–water partition coefficient (Wildman–Crippen LogP) is 3.77. The molecule has 3 aromatic rings. The Bertz CT molecular complexity index is 1150. The Hall–Kier alpha value is -3.16. The molecule has 1 amide bonds. The minimum absolute atomic E-state index is 0.0813. The number of aryl methyl sites for hydroxylation is 1. The molecule has 32 heavy (non-hydrogen) atoms. The van der Waals surface area contributed by atoms with E-state index in [1.165, 1.54) is 19.2 Å². The van der Waals surface area contributed by atoms with Crippen LogP contribution in [0.5, 0.6) is 5.75 Å². The molecule has 168 valence electrons. The van der Waals surface area contributed by atoms with Gasteiger partial charge in [-0.3, -0.25) is 4.79 Å². The summed E-state index contributed by atoms with van der Waals surface area (Å²) in [6.07, 6.45) is 0.225. The quantitative estimate of drug-likeness (QED) is 0.518. The molecule has 0 bridgehead atoms. The first-order valence-corrected chi connectivity index (χ1v) is 11.8. The van der Waals surface area contributed by atoms with Crippen LogP contribution in [0, 0.1) is 6.92 Å². The monoisotopic (exact) mass is 452 g/mol. The number of hydrogen-bond donors (Lipinski definition) is 2. The molecule has 0 radical (unpaired) electrons. The first-order chi connectivity index (χ1) is 15.3. The zero-order chi connectivity index (χ0) is 23.1. The highest BCUT2D eigenvalue weighted by Crippen LogP contribution is 2.22. The number of carbonyl (C=O) groups is 1. The molecule has 3 rings (SSSR count). The zero-order valence-electron chi connectivity index (χ0n) is 18.4. The SMILES string of the molecule is COc1ccc(S(=O)(=O)N[C@@H](Cc2ccccc2)C(=O)N[C@@H](C)c2ccccc2)cc1C. The van der Waals surface area contributed by atoms with E-state index in [1.54, 1.807) is 13.0 Å². The maximum Gasteiger partial charge on any atom is 0.241 e. The summed E-state index contributed by atoms with van der Waals surface area (Å²) in [5.74, 6) is 0.207. The Morgan fingerprint density at radius 1 is 0.969 bits per heavy atom. The maximum absolute atomic E-state index is 13.1. The van der Waals surface area contributed by atoms with Gasteiger partial charge in [-0.05, 0) is 55.2 Å². The van der Waals surface area contributed by atoms with Crippen molar-refractivity contribution in [3.05, 3.63) is 95.6 Å². The number of sulfonamides is 1. The van der Waals surface area contributed by atoms with Crippen LogP contribution < -0.4 is 14.8 Å². The van der Waals surface area contributed by atoms with Crippen LogP contribution in [-0.2, 0) is 21.2 Å². The van der Waals surface area contributed by atoms with Gasteiger partial charge in [0, 0.05) is 0 Å². The smallest absolute Gasteiger partial charge is 0.241 e. The lowest BCUT2D eigenvalue weighted by Gasteiger charge is -2.22. The Balaban J connectivity index is 1.85. The molecule has 2 atom stereocenters. The number of ether oxygens (including phenoxy) is 1. The van der Waals surface area contributed by atoms with Crippen LogP contribution >= 0.6 is 0 Å². The van der Waals surface area contributed by atoms with Gasteiger partial charge >= 0.3 is 0 Å². The highest BCUT2D eigenvalue weighted by Gasteiger charge is 2.27. The molecule has 0 unspecified atom stereocenters. The fourth-order valence-electron chi connectivity index (χ4n) is 3.45. The Morgan fingerprint density at radius 3 is 2.19 bits per heavy atom. The molecule has 0 heterocycles. The third-order valence-corrected chi connectivity index (χ3v) is 6.70. The van der Waals surface area contributed by atoms with Gasteiger partial charge < -0.3 is 10.1 Å². The van der Waals surface area contributed by atoms with Crippen molar-refractivity contribution < 1.29 is 17.9 Å². The van der Waals surface area contributed by atoms with E-state index in [4.69, 9.17) is 4.74 Å². The molecular formula is C25H28N2O4S. The van der Waals surface area contributed by atoms with E-state index in [0.29, 0.717) is 11.3 Å². The van der Waals surface area contributed by atoms with Gasteiger partial charge in [0.25, 0.3) is 0 Å². The Kier molecular flexibility index (Phi) is 7.66. The second-order valence-electron chi connectivity index (χ2n) is 7.64. The standard InChI is InChI=1S/C25H28N2O4S/c1-18-16-22(14-15-24(18)31-3)32(29,30)27-23(17-20-10-6-4-7-11-20)25(28)26-19(2)21-12-8-5-9-13-21/h4-16,19,23,27H,17H2,1-3H3,(H,26,28)/t19-,23-/m0/s1. The van der Waals surface area contributed by atoms with E-state index in [-0.39, 0.29) is 23.3 Å². The van der Waals surface area contributed by atoms with Crippen molar-refractivity contribution >= 4 is 15.9 Å². The fourth-order valence-corrected chi connectivity index (χ4v) is 4.73. The molecule has 6 nitrogen and oxygen atoms in total. The second kappa shape index (κ2) is 10.4. The zero-order valence-corrected chi connectivity index (χ0v) is 19.2. The summed E-state index contributed by atoms with van der Waals surface area (Å²) in [4.78, 5) is 13.2. The van der Waals surface area contributed by atoms with Crippen molar-refractivity contribution in [2.45, 2.75) is 37.2 Å². The molecule has 7 heteroatoms. The van der Waals surface area contributed by atoms with Gasteiger partial charge in [0.1, 0.15) is 11.8 Å². The summed E-state index contributed by atoms with van der Waals surface area (Å²) in [7, 11) is -2.41. The lowest BCUT2D eigenvalue weighted by atomic mass is 10.0. The number of methoxy groups -OCH3 is 1. The van der Waals surface area contributed by atoms with Crippen LogP contribution in [0.2, 0.25) is 0 Å². The number of carbonyl (C=O) groups excluding carboxylic acids is 1. The molecule has 0 spiro atoms. The summed E-state index contributed by atoms with van der Waals surface area (Å²) in [6, 6.07) is 22.2. The summed E-state index contributed by atoms with van der Waals surface area (Å²) in [5.41, 5.74) is 2.48. The molecule has 3 aromatic carbocycles. The van der Waals surface area contributed by atoms with E-state index in [1.807, 2.05) is 67.6 Å². The van der Waals surface area contributed by atoms with Crippen LogP contribution in [0.3, 0.4) is 0 Å². The van der Waals surface area contributed by atoms with Crippen LogP contribution in [-0.4, -0.2) is 27.5 Å². The van der Waals surface area contributed by atoms with Crippen LogP contribution in [0.15, 0.2) is 83.8 Å². The first-order valence-electron chi connectivity index (χ1n) is 10.4. The molecule has 0 aliphatic carbocycles. The third-order valence-electron chi connectivity index (χ3n) is 5.23. The maximum atomic E-state index is 13.1. The molecule has 0 saturated carbocycles. The highest BCUT2D eigenvalue weighted by atomic mass is 32.2. The Morgan fingerprint density at radius 2 is 1.59 bits per heavy atom. The molecule has 0 aliphatic heterocycles. The van der Waals surface area contributed by atoms with Crippen molar-refractivity contribution in [3.63, 3.8) is 0 Å². The number of benzene rings is 3. The average molecular weight is 453 g/mol. The minimum Gasteiger partial charge on any atom is -0.496 e. The van der Waals surface area contributed by atoms with Crippen molar-refractivity contribution in [3.8, 4) is 5.75 Å². The summed E-state index contributed by atoms with van der Waals surface area (Å²) < 4.78 is 34.0. The van der Waals surface area contributed by atoms with E-state index >= 15 is 0 Å². The number of nitrogens with one attached hydrogen (secondary N) is 2. The van der Waals surface area contributed by atoms with Gasteiger partial charge in [-0.25, -0.2) is 8.42 Å². The summed E-state index contributed by atoms with van der Waals surface area (Å²) in [5, 5.41) is 2.93. The van der Waals surface area contributed by atoms with Gasteiger partial charge in [0.2, 0.25) is 15.9 Å². The van der Waals surface area contributed by atoms with Crippen molar-refractivity contribution in [2.75, 3.05) is 7.11 Å². The van der Waals surface area contributed by atoms with Crippen molar-refractivity contribution in [1.82, 2.24) is 10.0 Å². The van der Waals surface area contributed by atoms with Crippen LogP contribution in [0.25, 0.3) is 0 Å².